The Hall–Kier alpha value is -3.42. The molecule has 1 atom stereocenters. The summed E-state index contributed by atoms with van der Waals surface area (Å²) >= 11 is 0. The number of nitrogens with one attached hydrogen (secondary N) is 1. The number of ether oxygens (including phenoxy) is 2. The Balaban J connectivity index is 1.88. The molecule has 154 valence electrons. The average Bonchev–Trinajstić information content (AvgIpc) is 2.99. The molecule has 0 unspecified atom stereocenters. The Morgan fingerprint density at radius 3 is 2.38 bits per heavy atom. The summed E-state index contributed by atoms with van der Waals surface area (Å²) in [6.07, 6.45) is 0.406. The standard InChI is InChI=1S/C21H24N2O6/c1-12-19(14(3)24)13(2)23-20(12)21(26)15(4)29-18(25)11-28-22-10-16-6-8-17(27-5)9-7-16/h6-10,15,23H,11H2,1-5H3/b22-10-/t15-/m1/s1. The highest BCUT2D eigenvalue weighted by Gasteiger charge is 2.26. The number of esters is 1. The van der Waals surface area contributed by atoms with Crippen molar-refractivity contribution < 1.29 is 28.7 Å². The molecule has 2 rings (SSSR count). The zero-order valence-electron chi connectivity index (χ0n) is 17.1. The normalized spacial score (nSPS) is 11.9. The van der Waals surface area contributed by atoms with Crippen LogP contribution in [0, 0.1) is 13.8 Å². The number of oxime groups is 1. The van der Waals surface area contributed by atoms with E-state index in [0.29, 0.717) is 22.6 Å². The van der Waals surface area contributed by atoms with Gasteiger partial charge < -0.3 is 19.3 Å². The van der Waals surface area contributed by atoms with Crippen molar-refractivity contribution in [1.82, 2.24) is 4.98 Å². The molecule has 0 saturated heterocycles. The molecule has 8 heteroatoms. The lowest BCUT2D eigenvalue weighted by Crippen LogP contribution is -2.27. The highest BCUT2D eigenvalue weighted by molar-refractivity contribution is 6.05. The van der Waals surface area contributed by atoms with Crippen LogP contribution < -0.4 is 4.74 Å². The van der Waals surface area contributed by atoms with Crippen LogP contribution in [-0.2, 0) is 14.4 Å². The molecule has 1 aromatic heterocycles. The summed E-state index contributed by atoms with van der Waals surface area (Å²) in [5.74, 6) is -0.574. The molecule has 0 aliphatic rings. The van der Waals surface area contributed by atoms with Gasteiger partial charge in [-0.3, -0.25) is 9.59 Å². The van der Waals surface area contributed by atoms with Crippen LogP contribution in [0.5, 0.6) is 5.75 Å². The molecule has 0 saturated carbocycles. The fourth-order valence-electron chi connectivity index (χ4n) is 2.89. The van der Waals surface area contributed by atoms with Gasteiger partial charge in [0.25, 0.3) is 0 Å². The van der Waals surface area contributed by atoms with E-state index in [2.05, 4.69) is 10.1 Å². The molecule has 29 heavy (non-hydrogen) atoms. The summed E-state index contributed by atoms with van der Waals surface area (Å²) in [5.41, 5.74) is 2.65. The third kappa shape index (κ3) is 5.54. The Morgan fingerprint density at radius 2 is 1.83 bits per heavy atom. The maximum atomic E-state index is 12.6. The van der Waals surface area contributed by atoms with Crippen molar-refractivity contribution in [2.45, 2.75) is 33.8 Å². The van der Waals surface area contributed by atoms with Gasteiger partial charge >= 0.3 is 5.97 Å². The van der Waals surface area contributed by atoms with Crippen molar-refractivity contribution in [3.63, 3.8) is 0 Å². The van der Waals surface area contributed by atoms with Gasteiger partial charge in [0.05, 0.1) is 19.0 Å². The van der Waals surface area contributed by atoms with E-state index in [1.807, 2.05) is 0 Å². The van der Waals surface area contributed by atoms with Gasteiger partial charge in [-0.25, -0.2) is 4.79 Å². The number of Topliss-reactive ketones (excluding diaryl/α,β-unsaturated/α-hetero) is 2. The lowest BCUT2D eigenvalue weighted by atomic mass is 10.0. The Morgan fingerprint density at radius 1 is 1.17 bits per heavy atom. The van der Waals surface area contributed by atoms with E-state index in [-0.39, 0.29) is 11.5 Å². The molecule has 0 radical (unpaired) electrons. The quantitative estimate of drug-likeness (QED) is 0.300. The van der Waals surface area contributed by atoms with Gasteiger partial charge in [-0.05, 0) is 63.1 Å². The van der Waals surface area contributed by atoms with Gasteiger partial charge in [-0.15, -0.1) is 0 Å². The van der Waals surface area contributed by atoms with E-state index >= 15 is 0 Å². The van der Waals surface area contributed by atoms with E-state index in [1.165, 1.54) is 20.1 Å². The molecule has 8 nitrogen and oxygen atoms in total. The van der Waals surface area contributed by atoms with Gasteiger partial charge in [-0.1, -0.05) is 5.16 Å². The molecule has 1 aromatic carbocycles. The van der Waals surface area contributed by atoms with E-state index in [1.54, 1.807) is 45.2 Å². The minimum absolute atomic E-state index is 0.136. The molecule has 1 N–H and O–H groups in total. The van der Waals surface area contributed by atoms with E-state index in [9.17, 15) is 14.4 Å². The van der Waals surface area contributed by atoms with Crippen LogP contribution in [0.4, 0.5) is 0 Å². The third-order valence-corrected chi connectivity index (χ3v) is 4.29. The van der Waals surface area contributed by atoms with Gasteiger partial charge in [0, 0.05) is 11.3 Å². The highest BCUT2D eigenvalue weighted by Crippen LogP contribution is 2.20. The van der Waals surface area contributed by atoms with E-state index in [0.717, 1.165) is 5.56 Å². The minimum Gasteiger partial charge on any atom is -0.497 e. The van der Waals surface area contributed by atoms with Crippen LogP contribution in [0.3, 0.4) is 0 Å². The summed E-state index contributed by atoms with van der Waals surface area (Å²) in [6.45, 7) is 5.85. The number of methoxy groups -OCH3 is 1. The van der Waals surface area contributed by atoms with Gasteiger partial charge in [0.2, 0.25) is 12.4 Å². The second-order valence-electron chi connectivity index (χ2n) is 6.46. The average molecular weight is 400 g/mol. The summed E-state index contributed by atoms with van der Waals surface area (Å²) in [5, 5.41) is 3.70. The molecule has 0 fully saturated rings. The van der Waals surface area contributed by atoms with Crippen LogP contribution in [0.1, 0.15) is 51.5 Å². The van der Waals surface area contributed by atoms with Crippen molar-refractivity contribution in [2.24, 2.45) is 5.16 Å². The summed E-state index contributed by atoms with van der Waals surface area (Å²) < 4.78 is 10.2. The predicted molar refractivity (Wildman–Crippen MR) is 107 cm³/mol. The Bertz CT molecular complexity index is 927. The van der Waals surface area contributed by atoms with Gasteiger partial charge in [0.15, 0.2) is 11.9 Å². The second-order valence-corrected chi connectivity index (χ2v) is 6.46. The molecular formula is C21H24N2O6. The van der Waals surface area contributed by atoms with E-state index < -0.39 is 24.5 Å². The minimum atomic E-state index is -1.03. The zero-order chi connectivity index (χ0) is 21.6. The summed E-state index contributed by atoms with van der Waals surface area (Å²) in [7, 11) is 1.57. The molecule has 2 aromatic rings. The molecule has 0 bridgehead atoms. The number of carbonyl (C=O) groups excluding carboxylic acids is 3. The lowest BCUT2D eigenvalue weighted by molar-refractivity contribution is -0.151. The van der Waals surface area contributed by atoms with Gasteiger partial charge in [0.1, 0.15) is 5.75 Å². The van der Waals surface area contributed by atoms with Crippen molar-refractivity contribution in [2.75, 3.05) is 13.7 Å². The third-order valence-electron chi connectivity index (χ3n) is 4.29. The first-order chi connectivity index (χ1) is 13.7. The first-order valence-corrected chi connectivity index (χ1v) is 8.97. The van der Waals surface area contributed by atoms with Gasteiger partial charge in [-0.2, -0.15) is 0 Å². The molecule has 0 aliphatic heterocycles. The Kier molecular flexibility index (Phi) is 7.30. The number of benzene rings is 1. The van der Waals surface area contributed by atoms with Crippen LogP contribution >= 0.6 is 0 Å². The number of carbonyl (C=O) groups is 3. The van der Waals surface area contributed by atoms with Crippen molar-refractivity contribution in [1.29, 1.82) is 0 Å². The van der Waals surface area contributed by atoms with Crippen LogP contribution in [0.2, 0.25) is 0 Å². The number of aromatic amines is 1. The van der Waals surface area contributed by atoms with Crippen molar-refractivity contribution in [3.8, 4) is 5.75 Å². The maximum absolute atomic E-state index is 12.6. The first kappa shape index (κ1) is 21.9. The summed E-state index contributed by atoms with van der Waals surface area (Å²) in [4.78, 5) is 44.0. The zero-order valence-corrected chi connectivity index (χ0v) is 17.1. The fraction of sp³-hybridized carbons (Fsp3) is 0.333. The fourth-order valence-corrected chi connectivity index (χ4v) is 2.89. The molecule has 0 amide bonds. The number of ketones is 2. The number of aromatic nitrogens is 1. The predicted octanol–water partition coefficient (Wildman–Crippen LogP) is 3.01. The first-order valence-electron chi connectivity index (χ1n) is 8.97. The second kappa shape index (κ2) is 9.68. The van der Waals surface area contributed by atoms with Crippen LogP contribution in [-0.4, -0.2) is 48.6 Å². The maximum Gasteiger partial charge on any atom is 0.347 e. The highest BCUT2D eigenvalue weighted by atomic mass is 16.7. The smallest absolute Gasteiger partial charge is 0.347 e. The SMILES string of the molecule is COc1ccc(/C=N\OCC(=O)O[C@H](C)C(=O)c2[nH]c(C)c(C(C)=O)c2C)cc1. The molecule has 1 heterocycles. The number of nitrogens with zero attached hydrogens (tertiary/aromatic N) is 1. The van der Waals surface area contributed by atoms with Crippen LogP contribution in [0.15, 0.2) is 29.4 Å². The van der Waals surface area contributed by atoms with Crippen molar-refractivity contribution >= 4 is 23.8 Å². The van der Waals surface area contributed by atoms with E-state index in [4.69, 9.17) is 14.3 Å². The number of hydrogen-bond acceptors (Lipinski definition) is 7. The number of hydrogen-bond donors (Lipinski definition) is 1. The molecule has 0 spiro atoms. The lowest BCUT2D eigenvalue weighted by Gasteiger charge is -2.11. The summed E-state index contributed by atoms with van der Waals surface area (Å²) in [6, 6.07) is 7.09. The monoisotopic (exact) mass is 400 g/mol. The number of aryl methyl sites for hydroxylation is 1. The van der Waals surface area contributed by atoms with Crippen LogP contribution in [0.25, 0.3) is 0 Å². The number of H-pyrrole nitrogens is 1. The van der Waals surface area contributed by atoms with Crippen molar-refractivity contribution in [3.05, 3.63) is 52.3 Å². The largest absolute Gasteiger partial charge is 0.497 e. The molecule has 0 aliphatic carbocycles. The Labute approximate surface area is 168 Å². The topological polar surface area (TPSA) is 107 Å². The molecular weight excluding hydrogens is 376 g/mol. The number of rotatable bonds is 9.